The van der Waals surface area contributed by atoms with Gasteiger partial charge in [0.25, 0.3) is 0 Å². The molecule has 1 saturated heterocycles. The predicted octanol–water partition coefficient (Wildman–Crippen LogP) is 1.16. The van der Waals surface area contributed by atoms with Gasteiger partial charge in [0.05, 0.1) is 29.2 Å². The first-order valence-electron chi connectivity index (χ1n) is 9.55. The van der Waals surface area contributed by atoms with E-state index in [1.54, 1.807) is 31.2 Å². The van der Waals surface area contributed by atoms with Crippen molar-refractivity contribution in [3.8, 4) is 6.07 Å². The summed E-state index contributed by atoms with van der Waals surface area (Å²) in [4.78, 5) is 12.4. The van der Waals surface area contributed by atoms with Gasteiger partial charge in [0.15, 0.2) is 5.78 Å². The zero-order valence-corrected chi connectivity index (χ0v) is 18.4. The minimum atomic E-state index is -1.53. The summed E-state index contributed by atoms with van der Waals surface area (Å²) < 4.78 is 5.56. The number of dihydropyridines is 1. The lowest BCUT2D eigenvalue weighted by atomic mass is 9.81. The Labute approximate surface area is 188 Å². The first kappa shape index (κ1) is 23.8. The molecule has 6 atom stereocenters. The maximum atomic E-state index is 12.4. The van der Waals surface area contributed by atoms with Crippen LogP contribution in [0.15, 0.2) is 46.1 Å². The van der Waals surface area contributed by atoms with Crippen molar-refractivity contribution in [3.63, 3.8) is 0 Å². The number of nitrogens with one attached hydrogen (secondary N) is 1. The van der Waals surface area contributed by atoms with E-state index in [0.717, 1.165) is 11.8 Å². The normalized spacial score (nSPS) is 31.3. The van der Waals surface area contributed by atoms with Crippen molar-refractivity contribution in [3.05, 3.63) is 56.7 Å². The number of aliphatic hydroxyl groups excluding tert-OH is 4. The Bertz CT molecular complexity index is 956. The van der Waals surface area contributed by atoms with Gasteiger partial charge >= 0.3 is 0 Å². The number of rotatable bonds is 5. The van der Waals surface area contributed by atoms with Crippen LogP contribution in [0.4, 0.5) is 0 Å². The van der Waals surface area contributed by atoms with Crippen LogP contribution in [0.25, 0.3) is 0 Å². The van der Waals surface area contributed by atoms with Crippen LogP contribution in [0.3, 0.4) is 0 Å². The molecule has 0 bridgehead atoms. The van der Waals surface area contributed by atoms with Gasteiger partial charge in [-0.1, -0.05) is 35.5 Å². The molecule has 166 valence electrons. The van der Waals surface area contributed by atoms with Gasteiger partial charge in [-0.15, -0.1) is 0 Å². The van der Waals surface area contributed by atoms with E-state index in [1.807, 2.05) is 0 Å². The molecule has 1 fully saturated rings. The molecule has 1 aromatic rings. The molecule has 0 aromatic heterocycles. The summed E-state index contributed by atoms with van der Waals surface area (Å²) in [5.41, 5.74) is 0.827. The second-order valence-corrected chi connectivity index (χ2v) is 8.92. The second kappa shape index (κ2) is 9.71. The van der Waals surface area contributed by atoms with Crippen LogP contribution in [-0.4, -0.2) is 62.7 Å². The number of Topliss-reactive ketones (excluding diaryl/α,β-unsaturated/α-hetero) is 1. The van der Waals surface area contributed by atoms with Crippen molar-refractivity contribution in [2.75, 3.05) is 6.61 Å². The molecular formula is C21H23ClN2O6S. The number of allylic oxidation sites excluding steroid dienone is 3. The Hall–Kier alpha value is -1.90. The molecule has 5 N–H and O–H groups in total. The van der Waals surface area contributed by atoms with Gasteiger partial charge < -0.3 is 30.5 Å². The molecule has 3 rings (SSSR count). The van der Waals surface area contributed by atoms with Gasteiger partial charge in [-0.05, 0) is 31.5 Å². The zero-order chi connectivity index (χ0) is 22.9. The number of hydrogen-bond donors (Lipinski definition) is 5. The van der Waals surface area contributed by atoms with E-state index in [-0.39, 0.29) is 11.4 Å². The van der Waals surface area contributed by atoms with Crippen LogP contribution in [0.5, 0.6) is 0 Å². The van der Waals surface area contributed by atoms with E-state index in [1.165, 1.54) is 6.92 Å². The number of hydrogen-bond acceptors (Lipinski definition) is 9. The monoisotopic (exact) mass is 466 g/mol. The highest BCUT2D eigenvalue weighted by Gasteiger charge is 2.45. The third kappa shape index (κ3) is 4.66. The van der Waals surface area contributed by atoms with Gasteiger partial charge in [-0.3, -0.25) is 4.79 Å². The fraction of sp³-hybridized carbons (Fsp3) is 0.429. The zero-order valence-electron chi connectivity index (χ0n) is 16.8. The van der Waals surface area contributed by atoms with Crippen molar-refractivity contribution >= 4 is 29.1 Å². The average Bonchev–Trinajstić information content (AvgIpc) is 2.74. The summed E-state index contributed by atoms with van der Waals surface area (Å²) in [6.45, 7) is 2.58. The smallest absolute Gasteiger partial charge is 0.158 e. The first-order chi connectivity index (χ1) is 14.7. The van der Waals surface area contributed by atoms with E-state index in [9.17, 15) is 30.5 Å². The molecule has 0 saturated carbocycles. The van der Waals surface area contributed by atoms with Crippen LogP contribution in [-0.2, 0) is 9.53 Å². The van der Waals surface area contributed by atoms with E-state index in [4.69, 9.17) is 16.3 Å². The van der Waals surface area contributed by atoms with E-state index in [0.29, 0.717) is 26.9 Å². The minimum Gasteiger partial charge on any atom is -0.394 e. The molecule has 2 aliphatic rings. The molecule has 2 heterocycles. The number of ketones is 1. The Morgan fingerprint density at radius 3 is 2.42 bits per heavy atom. The molecule has 1 unspecified atom stereocenters. The Morgan fingerprint density at radius 2 is 1.87 bits per heavy atom. The molecule has 0 spiro atoms. The molecule has 2 aliphatic heterocycles. The third-order valence-corrected chi connectivity index (χ3v) is 6.74. The summed E-state index contributed by atoms with van der Waals surface area (Å²) in [5, 5.41) is 53.7. The Balaban J connectivity index is 2.02. The van der Waals surface area contributed by atoms with Crippen LogP contribution in [0.1, 0.15) is 25.3 Å². The lowest BCUT2D eigenvalue weighted by Crippen LogP contribution is -2.57. The molecule has 0 aliphatic carbocycles. The van der Waals surface area contributed by atoms with Crippen molar-refractivity contribution < 1.29 is 30.0 Å². The maximum Gasteiger partial charge on any atom is 0.158 e. The summed E-state index contributed by atoms with van der Waals surface area (Å²) >= 11 is 6.94. The summed E-state index contributed by atoms with van der Waals surface area (Å²) in [5.74, 6) is -0.858. The summed E-state index contributed by atoms with van der Waals surface area (Å²) in [6.07, 6.45) is -5.55. The molecule has 0 amide bonds. The minimum absolute atomic E-state index is 0.199. The lowest BCUT2D eigenvalue weighted by Gasteiger charge is -2.40. The standard InChI is InChI=1S/C21H23ClN2O6S/c1-9-15(10(2)26)16(11-3-5-12(22)6-4-11)13(7-23)20(24-9)31-21-19(29)18(28)17(27)14(8-25)30-21/h3-6,14,16-19,21,24-25,27-29H,8H2,1-2H3/t14-,16?,17-,18+,19-,21+/m1/s1. The molecule has 10 heteroatoms. The number of benzene rings is 1. The Kier molecular flexibility index (Phi) is 7.44. The van der Waals surface area contributed by atoms with Crippen LogP contribution >= 0.6 is 23.4 Å². The van der Waals surface area contributed by atoms with E-state index < -0.39 is 42.4 Å². The molecule has 1 aromatic carbocycles. The third-order valence-electron chi connectivity index (χ3n) is 5.31. The lowest BCUT2D eigenvalue weighted by molar-refractivity contribution is -0.205. The van der Waals surface area contributed by atoms with Gasteiger partial charge in [0, 0.05) is 16.3 Å². The topological polar surface area (TPSA) is 143 Å². The van der Waals surface area contributed by atoms with Gasteiger partial charge in [-0.2, -0.15) is 5.26 Å². The number of carbonyl (C=O) groups excluding carboxylic acids is 1. The molecule has 31 heavy (non-hydrogen) atoms. The van der Waals surface area contributed by atoms with Gasteiger partial charge in [-0.25, -0.2) is 0 Å². The van der Waals surface area contributed by atoms with Crippen molar-refractivity contribution in [1.82, 2.24) is 5.32 Å². The summed E-state index contributed by atoms with van der Waals surface area (Å²) in [7, 11) is 0. The number of carbonyl (C=O) groups is 1. The van der Waals surface area contributed by atoms with Crippen LogP contribution in [0.2, 0.25) is 5.02 Å². The largest absolute Gasteiger partial charge is 0.394 e. The molecule has 0 radical (unpaired) electrons. The quantitative estimate of drug-likeness (QED) is 0.431. The number of halogens is 1. The van der Waals surface area contributed by atoms with Gasteiger partial charge in [0.2, 0.25) is 0 Å². The molecule has 8 nitrogen and oxygen atoms in total. The fourth-order valence-electron chi connectivity index (χ4n) is 3.74. The first-order valence-corrected chi connectivity index (χ1v) is 10.8. The van der Waals surface area contributed by atoms with Crippen LogP contribution in [0, 0.1) is 11.3 Å². The van der Waals surface area contributed by atoms with E-state index in [2.05, 4.69) is 11.4 Å². The highest BCUT2D eigenvalue weighted by Crippen LogP contribution is 2.43. The highest BCUT2D eigenvalue weighted by molar-refractivity contribution is 8.03. The van der Waals surface area contributed by atoms with E-state index >= 15 is 0 Å². The van der Waals surface area contributed by atoms with Crippen molar-refractivity contribution in [1.29, 1.82) is 5.26 Å². The van der Waals surface area contributed by atoms with Crippen molar-refractivity contribution in [2.24, 2.45) is 0 Å². The SMILES string of the molecule is CC(=O)C1=C(C)NC(S[C@@H]2O[C@H](CO)[C@@H](O)[C@H](O)[C@H]2O)=C(C#N)C1c1ccc(Cl)cc1. The number of ether oxygens (including phenoxy) is 1. The average molecular weight is 467 g/mol. The second-order valence-electron chi connectivity index (χ2n) is 7.37. The number of thioether (sulfide) groups is 1. The van der Waals surface area contributed by atoms with Crippen LogP contribution < -0.4 is 5.32 Å². The fourth-order valence-corrected chi connectivity index (χ4v) is 5.10. The number of aliphatic hydroxyl groups is 4. The number of nitrogens with zero attached hydrogens (tertiary/aromatic N) is 1. The molecular weight excluding hydrogens is 444 g/mol. The summed E-state index contributed by atoms with van der Waals surface area (Å²) in [6, 6.07) is 8.97. The van der Waals surface area contributed by atoms with Crippen molar-refractivity contribution in [2.45, 2.75) is 49.6 Å². The maximum absolute atomic E-state index is 12.4. The predicted molar refractivity (Wildman–Crippen MR) is 115 cm³/mol. The highest BCUT2D eigenvalue weighted by atomic mass is 35.5. The van der Waals surface area contributed by atoms with Gasteiger partial charge in [0.1, 0.15) is 29.9 Å². The Morgan fingerprint density at radius 1 is 1.23 bits per heavy atom. The number of nitriles is 1.